The second-order valence-electron chi connectivity index (χ2n) is 3.33. The van der Waals surface area contributed by atoms with Crippen LogP contribution < -0.4 is 5.73 Å². The number of aryl methyl sites for hydroxylation is 2. The number of aromatic nitrogens is 4. The summed E-state index contributed by atoms with van der Waals surface area (Å²) >= 11 is 1.61. The van der Waals surface area contributed by atoms with Gasteiger partial charge in [-0.1, -0.05) is 11.8 Å². The molecular formula is C10H13N5S. The highest BCUT2D eigenvalue weighted by atomic mass is 32.2. The highest BCUT2D eigenvalue weighted by Gasteiger charge is 1.99. The summed E-state index contributed by atoms with van der Waals surface area (Å²) in [5, 5.41) is 4.91. The molecule has 2 aromatic heterocycles. The van der Waals surface area contributed by atoms with Crippen LogP contribution in [0.5, 0.6) is 0 Å². The molecule has 0 aliphatic rings. The molecule has 0 saturated carbocycles. The molecule has 0 fully saturated rings. The molecule has 0 atom stereocenters. The number of nitrogen functional groups attached to an aromatic ring is 1. The predicted molar refractivity (Wildman–Crippen MR) is 64.1 cm³/mol. The van der Waals surface area contributed by atoms with Crippen molar-refractivity contribution in [1.82, 2.24) is 19.7 Å². The third kappa shape index (κ3) is 2.96. The molecule has 2 heterocycles. The van der Waals surface area contributed by atoms with Crippen LogP contribution in [-0.4, -0.2) is 25.5 Å². The van der Waals surface area contributed by atoms with Gasteiger partial charge in [0.2, 0.25) is 0 Å². The smallest absolute Gasteiger partial charge is 0.187 e. The first-order valence-corrected chi connectivity index (χ1v) is 5.94. The molecule has 2 N–H and O–H groups in total. The van der Waals surface area contributed by atoms with Crippen molar-refractivity contribution in [1.29, 1.82) is 0 Å². The molecule has 16 heavy (non-hydrogen) atoms. The Morgan fingerprint density at radius 2 is 2.31 bits per heavy atom. The largest absolute Gasteiger partial charge is 0.382 e. The molecule has 2 aromatic rings. The third-order valence-electron chi connectivity index (χ3n) is 1.99. The van der Waals surface area contributed by atoms with Crippen LogP contribution >= 0.6 is 11.8 Å². The number of hydrogen-bond acceptors (Lipinski definition) is 5. The van der Waals surface area contributed by atoms with Gasteiger partial charge in [0.1, 0.15) is 5.82 Å². The lowest BCUT2D eigenvalue weighted by molar-refractivity contribution is 0.669. The van der Waals surface area contributed by atoms with Crippen molar-refractivity contribution in [2.24, 2.45) is 0 Å². The number of nitrogens with zero attached hydrogens (tertiary/aromatic N) is 4. The van der Waals surface area contributed by atoms with Gasteiger partial charge in [0.05, 0.1) is 6.54 Å². The molecule has 0 bridgehead atoms. The number of thioether (sulfide) groups is 1. The second kappa shape index (κ2) is 4.98. The van der Waals surface area contributed by atoms with Gasteiger partial charge in [-0.25, -0.2) is 9.97 Å². The Labute approximate surface area is 98.1 Å². The minimum Gasteiger partial charge on any atom is -0.382 e. The second-order valence-corrected chi connectivity index (χ2v) is 4.39. The van der Waals surface area contributed by atoms with Crippen molar-refractivity contribution in [3.05, 3.63) is 30.2 Å². The van der Waals surface area contributed by atoms with Gasteiger partial charge in [-0.3, -0.25) is 4.68 Å². The van der Waals surface area contributed by atoms with Crippen molar-refractivity contribution < 1.29 is 0 Å². The molecule has 6 heteroatoms. The molecule has 5 nitrogen and oxygen atoms in total. The van der Waals surface area contributed by atoms with E-state index in [1.807, 2.05) is 23.9 Å². The lowest BCUT2D eigenvalue weighted by Crippen LogP contribution is -2.02. The van der Waals surface area contributed by atoms with E-state index in [9.17, 15) is 0 Å². The van der Waals surface area contributed by atoms with E-state index in [0.717, 1.165) is 23.1 Å². The predicted octanol–water partition coefficient (Wildman–Crippen LogP) is 1.36. The molecule has 2 rings (SSSR count). The van der Waals surface area contributed by atoms with E-state index in [1.165, 1.54) is 0 Å². The normalized spacial score (nSPS) is 10.6. The van der Waals surface area contributed by atoms with Crippen molar-refractivity contribution in [2.45, 2.75) is 18.6 Å². The molecule has 0 amide bonds. The summed E-state index contributed by atoms with van der Waals surface area (Å²) in [6.45, 7) is 2.76. The maximum Gasteiger partial charge on any atom is 0.187 e. The van der Waals surface area contributed by atoms with Crippen LogP contribution in [0.4, 0.5) is 5.82 Å². The van der Waals surface area contributed by atoms with Crippen LogP contribution in [0.3, 0.4) is 0 Å². The topological polar surface area (TPSA) is 69.6 Å². The van der Waals surface area contributed by atoms with E-state index in [1.54, 1.807) is 24.0 Å². The van der Waals surface area contributed by atoms with E-state index in [4.69, 9.17) is 5.73 Å². The average Bonchev–Trinajstić information content (AvgIpc) is 2.64. The van der Waals surface area contributed by atoms with E-state index >= 15 is 0 Å². The molecule has 84 valence electrons. The van der Waals surface area contributed by atoms with Crippen LogP contribution in [0, 0.1) is 6.92 Å². The maximum absolute atomic E-state index is 5.52. The SMILES string of the molecule is Cc1ccnc(SCCn2ccc(N)n2)n1. The van der Waals surface area contributed by atoms with Gasteiger partial charge in [0.25, 0.3) is 0 Å². The fraction of sp³-hybridized carbons (Fsp3) is 0.300. The van der Waals surface area contributed by atoms with Gasteiger partial charge < -0.3 is 5.73 Å². The molecule has 0 aromatic carbocycles. The zero-order chi connectivity index (χ0) is 11.4. The number of nitrogens with two attached hydrogens (primary N) is 1. The summed E-state index contributed by atoms with van der Waals surface area (Å²) in [7, 11) is 0. The van der Waals surface area contributed by atoms with Gasteiger partial charge in [-0.2, -0.15) is 5.10 Å². The fourth-order valence-electron chi connectivity index (χ4n) is 1.23. The van der Waals surface area contributed by atoms with Crippen molar-refractivity contribution in [3.63, 3.8) is 0 Å². The molecule has 0 aliphatic heterocycles. The van der Waals surface area contributed by atoms with E-state index in [2.05, 4.69) is 15.1 Å². The quantitative estimate of drug-likeness (QED) is 0.640. The third-order valence-corrected chi connectivity index (χ3v) is 2.83. The summed E-state index contributed by atoms with van der Waals surface area (Å²) in [6, 6.07) is 3.67. The van der Waals surface area contributed by atoms with E-state index in [0.29, 0.717) is 5.82 Å². The van der Waals surface area contributed by atoms with Gasteiger partial charge in [-0.15, -0.1) is 0 Å². The molecular weight excluding hydrogens is 222 g/mol. The summed E-state index contributed by atoms with van der Waals surface area (Å²) in [5.41, 5.74) is 6.50. The fourth-order valence-corrected chi connectivity index (χ4v) is 2.03. The minimum atomic E-state index is 0.553. The van der Waals surface area contributed by atoms with Crippen LogP contribution in [0.1, 0.15) is 5.69 Å². The summed E-state index contributed by atoms with van der Waals surface area (Å²) in [5.74, 6) is 1.43. The first kappa shape index (κ1) is 10.9. The van der Waals surface area contributed by atoms with E-state index < -0.39 is 0 Å². The monoisotopic (exact) mass is 235 g/mol. The Morgan fingerprint density at radius 1 is 1.44 bits per heavy atom. The van der Waals surface area contributed by atoms with E-state index in [-0.39, 0.29) is 0 Å². The Kier molecular flexibility index (Phi) is 3.40. The van der Waals surface area contributed by atoms with Crippen LogP contribution in [0.15, 0.2) is 29.7 Å². The Bertz CT molecular complexity index is 468. The average molecular weight is 235 g/mol. The highest BCUT2D eigenvalue weighted by Crippen LogP contribution is 2.12. The van der Waals surface area contributed by atoms with Gasteiger partial charge >= 0.3 is 0 Å². The van der Waals surface area contributed by atoms with Crippen molar-refractivity contribution in [2.75, 3.05) is 11.5 Å². The van der Waals surface area contributed by atoms with Crippen LogP contribution in [-0.2, 0) is 6.54 Å². The standard InChI is InChI=1S/C10H13N5S/c1-8-2-4-12-10(13-8)16-7-6-15-5-3-9(11)14-15/h2-5H,6-7H2,1H3,(H2,11,14). The molecule has 0 radical (unpaired) electrons. The van der Waals surface area contributed by atoms with Crippen LogP contribution in [0.25, 0.3) is 0 Å². The molecule has 0 unspecified atom stereocenters. The van der Waals surface area contributed by atoms with Crippen molar-refractivity contribution in [3.8, 4) is 0 Å². The maximum atomic E-state index is 5.52. The minimum absolute atomic E-state index is 0.553. The summed E-state index contributed by atoms with van der Waals surface area (Å²) in [4.78, 5) is 8.48. The number of hydrogen-bond donors (Lipinski definition) is 1. The lowest BCUT2D eigenvalue weighted by Gasteiger charge is -2.01. The lowest BCUT2D eigenvalue weighted by atomic mass is 10.5. The zero-order valence-corrected chi connectivity index (χ0v) is 9.81. The summed E-state index contributed by atoms with van der Waals surface area (Å²) in [6.07, 6.45) is 3.64. The zero-order valence-electron chi connectivity index (χ0n) is 9.00. The number of anilines is 1. The first-order valence-electron chi connectivity index (χ1n) is 4.95. The van der Waals surface area contributed by atoms with Gasteiger partial charge in [0, 0.05) is 23.8 Å². The first-order chi connectivity index (χ1) is 7.74. The molecule has 0 aliphatic carbocycles. The van der Waals surface area contributed by atoms with Crippen molar-refractivity contribution >= 4 is 17.6 Å². The van der Waals surface area contributed by atoms with Gasteiger partial charge in [-0.05, 0) is 19.1 Å². The van der Waals surface area contributed by atoms with Gasteiger partial charge in [0.15, 0.2) is 5.16 Å². The molecule has 0 saturated heterocycles. The molecule has 0 spiro atoms. The van der Waals surface area contributed by atoms with Crippen LogP contribution in [0.2, 0.25) is 0 Å². The Morgan fingerprint density at radius 3 is 3.00 bits per heavy atom. The Hall–Kier alpha value is -1.56. The summed E-state index contributed by atoms with van der Waals surface area (Å²) < 4.78 is 1.82. The highest BCUT2D eigenvalue weighted by molar-refractivity contribution is 7.99. The number of rotatable bonds is 4. The Balaban J connectivity index is 1.84.